The molecule has 0 aromatic heterocycles. The van der Waals surface area contributed by atoms with Gasteiger partial charge in [-0.25, -0.2) is 22.3 Å². The molecule has 6 nitrogen and oxygen atoms in total. The summed E-state index contributed by atoms with van der Waals surface area (Å²) in [6.45, 7) is 2.59. The van der Waals surface area contributed by atoms with Crippen molar-refractivity contribution >= 4 is 27.6 Å². The summed E-state index contributed by atoms with van der Waals surface area (Å²) in [4.78, 5) is 10.9. The number of hydrogen-bond acceptors (Lipinski definition) is 5. The van der Waals surface area contributed by atoms with E-state index in [0.717, 1.165) is 25.3 Å². The standard InChI is InChI=1S/C12H15ClFNO5S/c1-12(2,10(16)11(17)20-3)15-21(18,19)9-5-4-7(14)6-8(9)13/h4-6,10,15-16H,1-3H3. The Kier molecular flexibility index (Phi) is 5.32. The molecule has 21 heavy (non-hydrogen) atoms. The summed E-state index contributed by atoms with van der Waals surface area (Å²) < 4.78 is 43.9. The van der Waals surface area contributed by atoms with Gasteiger partial charge in [-0.15, -0.1) is 0 Å². The molecule has 1 aromatic carbocycles. The van der Waals surface area contributed by atoms with Gasteiger partial charge in [-0.2, -0.15) is 0 Å². The van der Waals surface area contributed by atoms with Crippen LogP contribution in [0, 0.1) is 5.82 Å². The monoisotopic (exact) mass is 339 g/mol. The Bertz CT molecular complexity index is 647. The summed E-state index contributed by atoms with van der Waals surface area (Å²) in [5, 5.41) is 9.46. The minimum absolute atomic E-state index is 0.314. The Hall–Kier alpha value is -1.22. The van der Waals surface area contributed by atoms with E-state index in [1.54, 1.807) is 0 Å². The number of esters is 1. The number of rotatable bonds is 5. The molecule has 0 amide bonds. The molecule has 0 radical (unpaired) electrons. The van der Waals surface area contributed by atoms with Gasteiger partial charge in [0.2, 0.25) is 10.0 Å². The van der Waals surface area contributed by atoms with Gasteiger partial charge < -0.3 is 9.84 Å². The summed E-state index contributed by atoms with van der Waals surface area (Å²) in [7, 11) is -3.11. The quantitative estimate of drug-likeness (QED) is 0.783. The number of carbonyl (C=O) groups excluding carboxylic acids is 1. The topological polar surface area (TPSA) is 92.7 Å². The molecule has 9 heteroatoms. The van der Waals surface area contributed by atoms with E-state index >= 15 is 0 Å². The van der Waals surface area contributed by atoms with Crippen LogP contribution in [0.5, 0.6) is 0 Å². The number of aliphatic hydroxyl groups excluding tert-OH is 1. The Morgan fingerprint density at radius 2 is 2.05 bits per heavy atom. The Labute approximate surface area is 126 Å². The third kappa shape index (κ3) is 4.13. The maximum atomic E-state index is 13.0. The summed E-state index contributed by atoms with van der Waals surface area (Å²) >= 11 is 5.70. The van der Waals surface area contributed by atoms with E-state index in [-0.39, 0.29) is 9.92 Å². The highest BCUT2D eigenvalue weighted by Gasteiger charge is 2.38. The van der Waals surface area contributed by atoms with Gasteiger partial charge in [0.1, 0.15) is 10.7 Å². The highest BCUT2D eigenvalue weighted by Crippen LogP contribution is 2.24. The fraction of sp³-hybridized carbons (Fsp3) is 0.417. The summed E-state index contributed by atoms with van der Waals surface area (Å²) in [6.07, 6.45) is -1.73. The van der Waals surface area contributed by atoms with Crippen molar-refractivity contribution in [2.24, 2.45) is 0 Å². The van der Waals surface area contributed by atoms with Crippen LogP contribution in [0.1, 0.15) is 13.8 Å². The number of sulfonamides is 1. The number of hydrogen-bond donors (Lipinski definition) is 2. The minimum Gasteiger partial charge on any atom is -0.467 e. The summed E-state index contributed by atoms with van der Waals surface area (Å²) in [6, 6.07) is 2.77. The van der Waals surface area contributed by atoms with Gasteiger partial charge >= 0.3 is 5.97 Å². The fourth-order valence-corrected chi connectivity index (χ4v) is 3.51. The van der Waals surface area contributed by atoms with Crippen LogP contribution in [-0.4, -0.2) is 38.2 Å². The van der Waals surface area contributed by atoms with Gasteiger partial charge in [0.15, 0.2) is 6.10 Å². The number of benzene rings is 1. The molecule has 0 aliphatic carbocycles. The number of aliphatic hydroxyl groups is 1. The van der Waals surface area contributed by atoms with Crippen LogP contribution in [0.3, 0.4) is 0 Å². The van der Waals surface area contributed by atoms with E-state index in [0.29, 0.717) is 0 Å². The molecule has 0 heterocycles. The molecule has 0 bridgehead atoms. The van der Waals surface area contributed by atoms with Crippen molar-refractivity contribution in [2.45, 2.75) is 30.4 Å². The van der Waals surface area contributed by atoms with Crippen LogP contribution in [-0.2, 0) is 19.6 Å². The number of methoxy groups -OCH3 is 1. The third-order valence-corrected chi connectivity index (χ3v) is 4.84. The van der Waals surface area contributed by atoms with Crippen LogP contribution in [0.25, 0.3) is 0 Å². The highest BCUT2D eigenvalue weighted by molar-refractivity contribution is 7.89. The van der Waals surface area contributed by atoms with E-state index in [4.69, 9.17) is 11.6 Å². The molecule has 0 spiro atoms. The van der Waals surface area contributed by atoms with Crippen molar-refractivity contribution < 1.29 is 27.4 Å². The third-order valence-electron chi connectivity index (χ3n) is 2.69. The first-order valence-electron chi connectivity index (χ1n) is 5.76. The lowest BCUT2D eigenvalue weighted by atomic mass is 9.99. The zero-order valence-corrected chi connectivity index (χ0v) is 13.1. The molecule has 0 aliphatic rings. The highest BCUT2D eigenvalue weighted by atomic mass is 35.5. The second-order valence-electron chi connectivity index (χ2n) is 4.83. The molecule has 118 valence electrons. The molecule has 1 unspecified atom stereocenters. The predicted molar refractivity (Wildman–Crippen MR) is 73.8 cm³/mol. The first kappa shape index (κ1) is 17.8. The van der Waals surface area contributed by atoms with Crippen molar-refractivity contribution in [3.8, 4) is 0 Å². The molecule has 0 aliphatic heterocycles. The molecule has 0 fully saturated rings. The van der Waals surface area contributed by atoms with Gasteiger partial charge in [-0.05, 0) is 32.0 Å². The first-order chi connectivity index (χ1) is 9.51. The average molecular weight is 340 g/mol. The number of carbonyl (C=O) groups is 1. The van der Waals surface area contributed by atoms with Crippen molar-refractivity contribution in [3.05, 3.63) is 29.0 Å². The molecule has 0 saturated heterocycles. The fourth-order valence-electron chi connectivity index (χ4n) is 1.56. The smallest absolute Gasteiger partial charge is 0.336 e. The van der Waals surface area contributed by atoms with E-state index < -0.39 is 33.5 Å². The molecular formula is C12H15ClFNO5S. The summed E-state index contributed by atoms with van der Waals surface area (Å²) in [5.41, 5.74) is -1.55. The molecule has 2 N–H and O–H groups in total. The van der Waals surface area contributed by atoms with Crippen molar-refractivity contribution in [1.82, 2.24) is 4.72 Å². The van der Waals surface area contributed by atoms with Crippen LogP contribution >= 0.6 is 11.6 Å². The summed E-state index contributed by atoms with van der Waals surface area (Å²) in [5.74, 6) is -1.68. The maximum Gasteiger partial charge on any atom is 0.336 e. The van der Waals surface area contributed by atoms with Gasteiger partial charge in [0.05, 0.1) is 17.7 Å². The second-order valence-corrected chi connectivity index (χ2v) is 6.89. The van der Waals surface area contributed by atoms with Crippen molar-refractivity contribution in [1.29, 1.82) is 0 Å². The Morgan fingerprint density at radius 3 is 2.52 bits per heavy atom. The SMILES string of the molecule is COC(=O)C(O)C(C)(C)NS(=O)(=O)c1ccc(F)cc1Cl. The second kappa shape index (κ2) is 6.27. The lowest BCUT2D eigenvalue weighted by Gasteiger charge is -2.29. The number of halogens is 2. The largest absolute Gasteiger partial charge is 0.467 e. The molecule has 1 aromatic rings. The van der Waals surface area contributed by atoms with Crippen LogP contribution in [0.4, 0.5) is 4.39 Å². The molecular weight excluding hydrogens is 325 g/mol. The zero-order chi connectivity index (χ0) is 16.4. The van der Waals surface area contributed by atoms with Gasteiger partial charge in [0, 0.05) is 0 Å². The Balaban J connectivity index is 3.12. The van der Waals surface area contributed by atoms with Crippen molar-refractivity contribution in [2.75, 3.05) is 7.11 Å². The average Bonchev–Trinajstić information content (AvgIpc) is 2.35. The predicted octanol–water partition coefficient (Wildman–Crippen LogP) is 1.07. The lowest BCUT2D eigenvalue weighted by molar-refractivity contribution is -0.153. The lowest BCUT2D eigenvalue weighted by Crippen LogP contribution is -2.55. The van der Waals surface area contributed by atoms with E-state index in [1.165, 1.54) is 13.8 Å². The Morgan fingerprint density at radius 1 is 1.48 bits per heavy atom. The maximum absolute atomic E-state index is 13.0. The van der Waals surface area contributed by atoms with Gasteiger partial charge in [0.25, 0.3) is 0 Å². The van der Waals surface area contributed by atoms with Crippen LogP contribution < -0.4 is 4.72 Å². The zero-order valence-electron chi connectivity index (χ0n) is 11.6. The first-order valence-corrected chi connectivity index (χ1v) is 7.62. The van der Waals surface area contributed by atoms with Gasteiger partial charge in [-0.3, -0.25) is 0 Å². The minimum atomic E-state index is -4.17. The number of ether oxygens (including phenoxy) is 1. The van der Waals surface area contributed by atoms with E-state index in [1.807, 2.05) is 0 Å². The normalized spacial score (nSPS) is 13.8. The molecule has 0 saturated carbocycles. The van der Waals surface area contributed by atoms with Crippen LogP contribution in [0.15, 0.2) is 23.1 Å². The number of nitrogens with one attached hydrogen (secondary N) is 1. The van der Waals surface area contributed by atoms with E-state index in [9.17, 15) is 22.7 Å². The van der Waals surface area contributed by atoms with Gasteiger partial charge in [-0.1, -0.05) is 11.6 Å². The van der Waals surface area contributed by atoms with Crippen LogP contribution in [0.2, 0.25) is 5.02 Å². The van der Waals surface area contributed by atoms with E-state index in [2.05, 4.69) is 9.46 Å². The molecule has 1 rings (SSSR count). The van der Waals surface area contributed by atoms with Crippen molar-refractivity contribution in [3.63, 3.8) is 0 Å². The molecule has 1 atom stereocenters.